The van der Waals surface area contributed by atoms with Crippen LogP contribution in [0.2, 0.25) is 0 Å². The Kier molecular flexibility index (Phi) is 5.36. The third-order valence-corrected chi connectivity index (χ3v) is 4.52. The summed E-state index contributed by atoms with van der Waals surface area (Å²) in [4.78, 5) is 11.4. The van der Waals surface area contributed by atoms with E-state index in [2.05, 4.69) is 28.6 Å². The maximum absolute atomic E-state index is 11.4. The van der Waals surface area contributed by atoms with Gasteiger partial charge in [0.25, 0.3) is 0 Å². The average molecular weight is 401 g/mol. The number of halogens is 1. The molecule has 0 saturated heterocycles. The number of aliphatic hydroxyl groups excluding tert-OH is 1. The van der Waals surface area contributed by atoms with E-state index < -0.39 is 12.1 Å². The van der Waals surface area contributed by atoms with E-state index in [-0.39, 0.29) is 13.2 Å². The molecule has 0 amide bonds. The Morgan fingerprint density at radius 1 is 1.20 bits per heavy atom. The minimum atomic E-state index is -0.762. The normalized spacial score (nSPS) is 12.1. The topological polar surface area (TPSA) is 55.8 Å². The van der Waals surface area contributed by atoms with Gasteiger partial charge in [-0.25, -0.2) is 4.79 Å². The van der Waals surface area contributed by atoms with E-state index >= 15 is 0 Å². The predicted molar refractivity (Wildman–Crippen MR) is 102 cm³/mol. The highest BCUT2D eigenvalue weighted by Gasteiger charge is 2.16. The van der Waals surface area contributed by atoms with Crippen molar-refractivity contribution in [3.63, 3.8) is 0 Å². The Morgan fingerprint density at radius 3 is 2.72 bits per heavy atom. The summed E-state index contributed by atoms with van der Waals surface area (Å²) in [6.45, 7) is 3.07. The zero-order valence-corrected chi connectivity index (χ0v) is 15.0. The van der Waals surface area contributed by atoms with Gasteiger partial charge in [0.1, 0.15) is 12.4 Å². The van der Waals surface area contributed by atoms with Gasteiger partial charge >= 0.3 is 5.97 Å². The molecule has 1 atom stereocenters. The van der Waals surface area contributed by atoms with Crippen molar-refractivity contribution in [2.75, 3.05) is 13.2 Å². The summed E-state index contributed by atoms with van der Waals surface area (Å²) in [5.41, 5.74) is 0. The van der Waals surface area contributed by atoms with Crippen LogP contribution < -0.4 is 4.74 Å². The van der Waals surface area contributed by atoms with E-state index in [9.17, 15) is 9.90 Å². The summed E-state index contributed by atoms with van der Waals surface area (Å²) in [6.07, 6.45) is 0.300. The second-order valence-corrected chi connectivity index (χ2v) is 6.38. The van der Waals surface area contributed by atoms with Gasteiger partial charge in [-0.05, 0) is 22.9 Å². The lowest BCUT2D eigenvalue weighted by molar-refractivity contribution is -0.146. The summed E-state index contributed by atoms with van der Waals surface area (Å²) < 4.78 is 12.0. The number of fused-ring (bicyclic) bond motifs is 2. The maximum atomic E-state index is 11.4. The molecular formula is C20H17BrO4. The van der Waals surface area contributed by atoms with Crippen LogP contribution in [0.1, 0.15) is 0 Å². The highest BCUT2D eigenvalue weighted by atomic mass is 79.9. The van der Waals surface area contributed by atoms with Crippen molar-refractivity contribution in [3.05, 3.63) is 65.7 Å². The van der Waals surface area contributed by atoms with Crippen molar-refractivity contribution in [1.82, 2.24) is 0 Å². The zero-order chi connectivity index (χ0) is 17.8. The van der Waals surface area contributed by atoms with Crippen molar-refractivity contribution in [1.29, 1.82) is 0 Å². The molecule has 25 heavy (non-hydrogen) atoms. The summed E-state index contributed by atoms with van der Waals surface area (Å²) in [5.74, 6) is 0.0975. The Bertz CT molecular complexity index is 936. The van der Waals surface area contributed by atoms with E-state index in [0.29, 0.717) is 5.75 Å². The lowest BCUT2D eigenvalue weighted by Gasteiger charge is -2.18. The zero-order valence-electron chi connectivity index (χ0n) is 13.4. The molecule has 0 aliphatic rings. The van der Waals surface area contributed by atoms with Gasteiger partial charge in [0.2, 0.25) is 0 Å². The van der Waals surface area contributed by atoms with Crippen LogP contribution in [0.15, 0.2) is 65.7 Å². The number of ether oxygens (including phenoxy) is 2. The van der Waals surface area contributed by atoms with Crippen molar-refractivity contribution < 1.29 is 19.4 Å². The number of hydrogen-bond acceptors (Lipinski definition) is 4. The molecule has 0 aliphatic heterocycles. The molecule has 0 bridgehead atoms. The minimum Gasteiger partial charge on any atom is -0.488 e. The standard InChI is InChI=1S/C20H17BrO4/c1-2-18(23)25-15(11-22)12-24-20-16-8-4-3-6-13(16)10-14-7-5-9-17(21)19(14)20/h2-10,15,22H,1,11-12H2. The Morgan fingerprint density at radius 2 is 1.96 bits per heavy atom. The average Bonchev–Trinajstić information content (AvgIpc) is 2.64. The molecule has 128 valence electrons. The summed E-state index contributed by atoms with van der Waals surface area (Å²) >= 11 is 3.58. The molecule has 0 aromatic heterocycles. The fourth-order valence-electron chi connectivity index (χ4n) is 2.70. The molecule has 3 aromatic carbocycles. The van der Waals surface area contributed by atoms with Crippen molar-refractivity contribution in [3.8, 4) is 5.75 Å². The number of aliphatic hydroxyl groups is 1. The van der Waals surface area contributed by atoms with E-state index in [4.69, 9.17) is 9.47 Å². The molecule has 0 heterocycles. The van der Waals surface area contributed by atoms with Gasteiger partial charge in [-0.2, -0.15) is 0 Å². The van der Waals surface area contributed by atoms with Gasteiger partial charge in [-0.15, -0.1) is 0 Å². The van der Waals surface area contributed by atoms with Crippen molar-refractivity contribution in [2.45, 2.75) is 6.10 Å². The second kappa shape index (κ2) is 7.68. The highest BCUT2D eigenvalue weighted by molar-refractivity contribution is 9.10. The monoisotopic (exact) mass is 400 g/mol. The van der Waals surface area contributed by atoms with E-state index in [1.54, 1.807) is 0 Å². The van der Waals surface area contributed by atoms with E-state index in [1.807, 2.05) is 42.5 Å². The highest BCUT2D eigenvalue weighted by Crippen LogP contribution is 2.39. The first-order valence-electron chi connectivity index (χ1n) is 7.80. The van der Waals surface area contributed by atoms with E-state index in [0.717, 1.165) is 32.1 Å². The van der Waals surface area contributed by atoms with Crippen molar-refractivity contribution in [2.24, 2.45) is 0 Å². The molecule has 0 fully saturated rings. The summed E-state index contributed by atoms with van der Waals surface area (Å²) in [5, 5.41) is 13.4. The summed E-state index contributed by atoms with van der Waals surface area (Å²) in [7, 11) is 0. The lowest BCUT2D eigenvalue weighted by Crippen LogP contribution is -2.28. The van der Waals surface area contributed by atoms with Crippen LogP contribution in [-0.2, 0) is 9.53 Å². The molecule has 0 radical (unpaired) electrons. The number of hydrogen-bond donors (Lipinski definition) is 1. The van der Waals surface area contributed by atoms with Gasteiger partial charge in [-0.1, -0.05) is 58.9 Å². The number of esters is 1. The third kappa shape index (κ3) is 3.67. The van der Waals surface area contributed by atoms with Gasteiger partial charge in [0.15, 0.2) is 6.10 Å². The smallest absolute Gasteiger partial charge is 0.330 e. The van der Waals surface area contributed by atoms with Gasteiger partial charge in [0.05, 0.1) is 6.61 Å². The SMILES string of the molecule is C=CC(=O)OC(CO)COc1c2ccccc2cc2cccc(Br)c12. The Balaban J connectivity index is 2.03. The van der Waals surface area contributed by atoms with Crippen LogP contribution in [-0.4, -0.2) is 30.4 Å². The molecule has 5 heteroatoms. The maximum Gasteiger partial charge on any atom is 0.330 e. The number of benzene rings is 3. The van der Waals surface area contributed by atoms with Gasteiger partial charge in [0, 0.05) is 21.3 Å². The van der Waals surface area contributed by atoms with Crippen LogP contribution >= 0.6 is 15.9 Å². The molecule has 3 rings (SSSR count). The molecule has 0 spiro atoms. The van der Waals surface area contributed by atoms with Crippen LogP contribution in [0.3, 0.4) is 0 Å². The minimum absolute atomic E-state index is 0.0422. The Hall–Kier alpha value is -2.37. The fourth-order valence-corrected chi connectivity index (χ4v) is 3.26. The van der Waals surface area contributed by atoms with Crippen molar-refractivity contribution >= 4 is 43.4 Å². The number of rotatable bonds is 6. The lowest BCUT2D eigenvalue weighted by atomic mass is 10.0. The molecule has 4 nitrogen and oxygen atoms in total. The largest absolute Gasteiger partial charge is 0.488 e. The first-order chi connectivity index (χ1) is 12.1. The van der Waals surface area contributed by atoms with Crippen LogP contribution in [0.4, 0.5) is 0 Å². The molecule has 0 aliphatic carbocycles. The molecule has 1 N–H and O–H groups in total. The first kappa shape index (κ1) is 17.5. The quantitative estimate of drug-likeness (QED) is 0.382. The van der Waals surface area contributed by atoms with E-state index in [1.165, 1.54) is 0 Å². The molecule has 1 unspecified atom stereocenters. The number of carbonyl (C=O) groups excluding carboxylic acids is 1. The summed E-state index contributed by atoms with van der Waals surface area (Å²) in [6, 6.07) is 15.9. The molecular weight excluding hydrogens is 384 g/mol. The van der Waals surface area contributed by atoms with Crippen LogP contribution in [0.5, 0.6) is 5.75 Å². The predicted octanol–water partition coefficient (Wildman–Crippen LogP) is 4.22. The van der Waals surface area contributed by atoms with Gasteiger partial charge in [-0.3, -0.25) is 0 Å². The van der Waals surface area contributed by atoms with Gasteiger partial charge < -0.3 is 14.6 Å². The molecule has 3 aromatic rings. The fraction of sp³-hybridized carbons (Fsp3) is 0.150. The second-order valence-electron chi connectivity index (χ2n) is 5.52. The molecule has 0 saturated carbocycles. The van der Waals surface area contributed by atoms with Crippen LogP contribution in [0.25, 0.3) is 21.5 Å². The third-order valence-electron chi connectivity index (χ3n) is 3.86. The Labute approximate surface area is 153 Å². The van der Waals surface area contributed by atoms with Crippen LogP contribution in [0, 0.1) is 0 Å². The number of carbonyl (C=O) groups is 1. The first-order valence-corrected chi connectivity index (χ1v) is 8.60.